The summed E-state index contributed by atoms with van der Waals surface area (Å²) in [5.74, 6) is 0. The van der Waals surface area contributed by atoms with Crippen LogP contribution in [0, 0.1) is 12.3 Å². The zero-order valence-electron chi connectivity index (χ0n) is 12.9. The quantitative estimate of drug-likeness (QED) is 0.914. The van der Waals surface area contributed by atoms with Crippen molar-refractivity contribution < 1.29 is 0 Å². The summed E-state index contributed by atoms with van der Waals surface area (Å²) in [5, 5.41) is 4.70. The van der Waals surface area contributed by atoms with Gasteiger partial charge in [0.2, 0.25) is 0 Å². The number of rotatable bonds is 4. The van der Waals surface area contributed by atoms with Crippen molar-refractivity contribution in [2.75, 3.05) is 18.0 Å². The Labute approximate surface area is 121 Å². The molecular formula is C15H27N3S. The standard InChI is InChI=1S/C15H27N3S/c1-11(2)16-9-13-12(3)17-14(19-13)18-8-6-7-15(4,5)10-18/h11,16H,6-10H2,1-5H3. The molecule has 1 saturated heterocycles. The van der Waals surface area contributed by atoms with Crippen molar-refractivity contribution in [3.8, 4) is 0 Å². The smallest absolute Gasteiger partial charge is 0.185 e. The van der Waals surface area contributed by atoms with E-state index in [-0.39, 0.29) is 0 Å². The van der Waals surface area contributed by atoms with E-state index in [1.54, 1.807) is 0 Å². The van der Waals surface area contributed by atoms with Crippen LogP contribution >= 0.6 is 11.3 Å². The molecule has 3 nitrogen and oxygen atoms in total. The lowest BCUT2D eigenvalue weighted by Gasteiger charge is -2.37. The predicted molar refractivity (Wildman–Crippen MR) is 84.1 cm³/mol. The van der Waals surface area contributed by atoms with E-state index < -0.39 is 0 Å². The minimum Gasteiger partial charge on any atom is -0.348 e. The van der Waals surface area contributed by atoms with Crippen LogP contribution in [0.5, 0.6) is 0 Å². The van der Waals surface area contributed by atoms with Crippen LogP contribution < -0.4 is 10.2 Å². The monoisotopic (exact) mass is 281 g/mol. The highest BCUT2D eigenvalue weighted by molar-refractivity contribution is 7.15. The molecule has 1 fully saturated rings. The second-order valence-corrected chi connectivity index (χ2v) is 7.79. The molecule has 1 aromatic rings. The highest BCUT2D eigenvalue weighted by atomic mass is 32.1. The van der Waals surface area contributed by atoms with Crippen molar-refractivity contribution >= 4 is 16.5 Å². The van der Waals surface area contributed by atoms with Gasteiger partial charge in [0.25, 0.3) is 0 Å². The van der Waals surface area contributed by atoms with Gasteiger partial charge in [-0.2, -0.15) is 0 Å². The number of hydrogen-bond donors (Lipinski definition) is 1. The third-order valence-corrected chi connectivity index (χ3v) is 4.94. The predicted octanol–water partition coefficient (Wildman–Crippen LogP) is 3.58. The molecule has 2 rings (SSSR count). The lowest BCUT2D eigenvalue weighted by molar-refractivity contribution is 0.293. The first-order valence-corrected chi connectivity index (χ1v) is 8.14. The number of thiazole rings is 1. The molecule has 0 bridgehead atoms. The Balaban J connectivity index is 2.06. The third-order valence-electron chi connectivity index (χ3n) is 3.72. The Morgan fingerprint density at radius 1 is 1.42 bits per heavy atom. The summed E-state index contributed by atoms with van der Waals surface area (Å²) in [6.45, 7) is 14.5. The van der Waals surface area contributed by atoms with Crippen molar-refractivity contribution in [2.24, 2.45) is 5.41 Å². The Morgan fingerprint density at radius 3 is 2.79 bits per heavy atom. The van der Waals surface area contributed by atoms with Crippen LogP contribution in [0.25, 0.3) is 0 Å². The Bertz CT molecular complexity index is 423. The zero-order chi connectivity index (χ0) is 14.0. The van der Waals surface area contributed by atoms with Crippen LogP contribution in [0.15, 0.2) is 0 Å². The van der Waals surface area contributed by atoms with Gasteiger partial charge in [-0.05, 0) is 25.2 Å². The van der Waals surface area contributed by atoms with Crippen molar-refractivity contribution in [2.45, 2.75) is 60.0 Å². The van der Waals surface area contributed by atoms with Gasteiger partial charge in [-0.3, -0.25) is 0 Å². The van der Waals surface area contributed by atoms with E-state index in [0.29, 0.717) is 11.5 Å². The largest absolute Gasteiger partial charge is 0.348 e. The molecular weight excluding hydrogens is 254 g/mol. The summed E-state index contributed by atoms with van der Waals surface area (Å²) in [7, 11) is 0. The number of anilines is 1. The molecule has 0 spiro atoms. The molecule has 108 valence electrons. The molecule has 1 aromatic heterocycles. The van der Waals surface area contributed by atoms with Crippen LogP contribution in [-0.2, 0) is 6.54 Å². The molecule has 0 saturated carbocycles. The van der Waals surface area contributed by atoms with Crippen LogP contribution in [0.3, 0.4) is 0 Å². The molecule has 1 N–H and O–H groups in total. The molecule has 0 amide bonds. The zero-order valence-corrected chi connectivity index (χ0v) is 13.7. The van der Waals surface area contributed by atoms with Gasteiger partial charge in [-0.1, -0.05) is 27.7 Å². The summed E-state index contributed by atoms with van der Waals surface area (Å²) in [6, 6.07) is 0.527. The number of hydrogen-bond acceptors (Lipinski definition) is 4. The fourth-order valence-electron chi connectivity index (χ4n) is 2.60. The van der Waals surface area contributed by atoms with Crippen molar-refractivity contribution in [1.29, 1.82) is 0 Å². The Kier molecular flexibility index (Phi) is 4.51. The minimum atomic E-state index is 0.425. The van der Waals surface area contributed by atoms with E-state index in [0.717, 1.165) is 19.6 Å². The van der Waals surface area contributed by atoms with Gasteiger partial charge in [0.1, 0.15) is 0 Å². The summed E-state index contributed by atoms with van der Waals surface area (Å²) < 4.78 is 0. The molecule has 0 radical (unpaired) electrons. The molecule has 1 aliphatic rings. The van der Waals surface area contributed by atoms with E-state index in [1.807, 2.05) is 11.3 Å². The Hall–Kier alpha value is -0.610. The van der Waals surface area contributed by atoms with Gasteiger partial charge >= 0.3 is 0 Å². The van der Waals surface area contributed by atoms with E-state index in [2.05, 4.69) is 44.8 Å². The fourth-order valence-corrected chi connectivity index (χ4v) is 3.63. The Morgan fingerprint density at radius 2 is 2.16 bits per heavy atom. The topological polar surface area (TPSA) is 28.2 Å². The van der Waals surface area contributed by atoms with Crippen LogP contribution in [0.2, 0.25) is 0 Å². The second kappa shape index (κ2) is 5.80. The lowest BCUT2D eigenvalue weighted by Crippen LogP contribution is -2.40. The highest BCUT2D eigenvalue weighted by Crippen LogP contribution is 2.34. The number of nitrogens with zero attached hydrogens (tertiary/aromatic N) is 2. The number of aromatic nitrogens is 1. The summed E-state index contributed by atoms with van der Waals surface area (Å²) in [6.07, 6.45) is 2.61. The van der Waals surface area contributed by atoms with E-state index in [9.17, 15) is 0 Å². The van der Waals surface area contributed by atoms with Crippen LogP contribution in [0.1, 0.15) is 51.1 Å². The minimum absolute atomic E-state index is 0.425. The normalized spacial score (nSPS) is 19.2. The first-order chi connectivity index (χ1) is 8.87. The van der Waals surface area contributed by atoms with E-state index in [1.165, 1.54) is 28.5 Å². The van der Waals surface area contributed by atoms with Gasteiger partial charge < -0.3 is 10.2 Å². The number of piperidine rings is 1. The molecule has 0 aromatic carbocycles. The third kappa shape index (κ3) is 3.93. The molecule has 2 heterocycles. The van der Waals surface area contributed by atoms with Crippen molar-refractivity contribution in [1.82, 2.24) is 10.3 Å². The fraction of sp³-hybridized carbons (Fsp3) is 0.800. The average Bonchev–Trinajstić information content (AvgIpc) is 2.67. The number of nitrogens with one attached hydrogen (secondary N) is 1. The number of aryl methyl sites for hydroxylation is 1. The first kappa shape index (κ1) is 14.8. The van der Waals surface area contributed by atoms with Crippen LogP contribution in [-0.4, -0.2) is 24.1 Å². The second-order valence-electron chi connectivity index (χ2n) is 6.73. The first-order valence-electron chi connectivity index (χ1n) is 7.32. The van der Waals surface area contributed by atoms with Crippen molar-refractivity contribution in [3.63, 3.8) is 0 Å². The van der Waals surface area contributed by atoms with Gasteiger partial charge in [0.05, 0.1) is 5.69 Å². The summed E-state index contributed by atoms with van der Waals surface area (Å²) in [4.78, 5) is 8.64. The van der Waals surface area contributed by atoms with Gasteiger partial charge in [-0.15, -0.1) is 11.3 Å². The molecule has 1 aliphatic heterocycles. The van der Waals surface area contributed by atoms with Crippen LogP contribution in [0.4, 0.5) is 5.13 Å². The maximum absolute atomic E-state index is 4.78. The maximum atomic E-state index is 4.78. The molecule has 0 atom stereocenters. The molecule has 0 aliphatic carbocycles. The molecule has 4 heteroatoms. The van der Waals surface area contributed by atoms with Gasteiger partial charge in [0, 0.05) is 30.6 Å². The van der Waals surface area contributed by atoms with Gasteiger partial charge in [0.15, 0.2) is 5.13 Å². The highest BCUT2D eigenvalue weighted by Gasteiger charge is 2.28. The molecule has 19 heavy (non-hydrogen) atoms. The summed E-state index contributed by atoms with van der Waals surface area (Å²) >= 11 is 1.86. The average molecular weight is 281 g/mol. The molecule has 0 unspecified atom stereocenters. The van der Waals surface area contributed by atoms with E-state index >= 15 is 0 Å². The lowest BCUT2D eigenvalue weighted by atomic mass is 9.84. The van der Waals surface area contributed by atoms with E-state index in [4.69, 9.17) is 4.98 Å². The maximum Gasteiger partial charge on any atom is 0.185 e. The van der Waals surface area contributed by atoms with Crippen molar-refractivity contribution in [3.05, 3.63) is 10.6 Å². The summed E-state index contributed by atoms with van der Waals surface area (Å²) in [5.41, 5.74) is 1.62. The SMILES string of the molecule is Cc1nc(N2CCCC(C)(C)C2)sc1CNC(C)C. The van der Waals surface area contributed by atoms with Gasteiger partial charge in [-0.25, -0.2) is 4.98 Å².